The van der Waals surface area contributed by atoms with Crippen LogP contribution in [0.4, 0.5) is 5.69 Å². The molecule has 7 heteroatoms. The van der Waals surface area contributed by atoms with Crippen LogP contribution in [0.25, 0.3) is 0 Å². The molecule has 1 atom stereocenters. The summed E-state index contributed by atoms with van der Waals surface area (Å²) in [5.74, 6) is 0.698. The first-order valence-corrected chi connectivity index (χ1v) is 9.32. The van der Waals surface area contributed by atoms with Crippen LogP contribution in [0.5, 0.6) is 5.75 Å². The van der Waals surface area contributed by atoms with E-state index in [9.17, 15) is 14.7 Å². The van der Waals surface area contributed by atoms with Crippen molar-refractivity contribution < 1.29 is 19.4 Å². The van der Waals surface area contributed by atoms with Gasteiger partial charge in [0.15, 0.2) is 0 Å². The molecule has 0 saturated heterocycles. The van der Waals surface area contributed by atoms with Crippen LogP contribution < -0.4 is 9.64 Å². The van der Waals surface area contributed by atoms with E-state index in [1.54, 1.807) is 32.1 Å². The summed E-state index contributed by atoms with van der Waals surface area (Å²) in [5, 5.41) is 9.47. The Morgan fingerprint density at radius 1 is 1.30 bits per heavy atom. The lowest BCUT2D eigenvalue weighted by Crippen LogP contribution is -2.45. The van der Waals surface area contributed by atoms with E-state index in [1.807, 2.05) is 24.1 Å². The summed E-state index contributed by atoms with van der Waals surface area (Å²) in [6, 6.07) is 5.30. The van der Waals surface area contributed by atoms with Gasteiger partial charge in [0.1, 0.15) is 12.4 Å². The van der Waals surface area contributed by atoms with Crippen LogP contribution in [0.2, 0.25) is 0 Å². The Balaban J connectivity index is 1.68. The number of benzene rings is 1. The number of likely N-dealkylation sites (N-methyl/N-ethyl adjacent to an activating group) is 1. The lowest BCUT2D eigenvalue weighted by atomic mass is 10.1. The Kier molecular flexibility index (Phi) is 5.33. The molecule has 1 aromatic rings. The number of carbonyl (C=O) groups is 2. The minimum absolute atomic E-state index is 0.0409. The van der Waals surface area contributed by atoms with E-state index in [0.29, 0.717) is 25.1 Å². The summed E-state index contributed by atoms with van der Waals surface area (Å²) in [7, 11) is 7.17. The van der Waals surface area contributed by atoms with Gasteiger partial charge < -0.3 is 24.5 Å². The Bertz CT molecular complexity index is 730. The van der Waals surface area contributed by atoms with E-state index >= 15 is 0 Å². The number of aliphatic hydroxyl groups is 1. The molecule has 0 radical (unpaired) electrons. The van der Waals surface area contributed by atoms with E-state index in [4.69, 9.17) is 4.74 Å². The summed E-state index contributed by atoms with van der Waals surface area (Å²) in [5.41, 5.74) is 1.33. The average Bonchev–Trinajstić information content (AvgIpc) is 3.43. The molecule has 1 N–H and O–H groups in total. The van der Waals surface area contributed by atoms with Crippen molar-refractivity contribution in [1.29, 1.82) is 0 Å². The maximum atomic E-state index is 12.7. The standard InChI is InChI=1S/C20H29N3O4/c1-21(2)19(26)14-5-6-17-16(9-14)23(4)15(11-27-17)10-18(25)22(3)12-20(13-24)7-8-20/h5-6,9,15,24H,7-8,10-13H2,1-4H3. The molecule has 1 fully saturated rings. The monoisotopic (exact) mass is 375 g/mol. The molecule has 0 bridgehead atoms. The molecular formula is C20H29N3O4. The van der Waals surface area contributed by atoms with Gasteiger partial charge in [-0.1, -0.05) is 0 Å². The van der Waals surface area contributed by atoms with Gasteiger partial charge in [-0.3, -0.25) is 9.59 Å². The van der Waals surface area contributed by atoms with Crippen molar-refractivity contribution in [2.24, 2.45) is 5.41 Å². The number of amides is 2. The molecule has 27 heavy (non-hydrogen) atoms. The highest BCUT2D eigenvalue weighted by Crippen LogP contribution is 2.45. The molecule has 2 amide bonds. The molecule has 0 aromatic heterocycles. The molecule has 1 heterocycles. The van der Waals surface area contributed by atoms with E-state index < -0.39 is 0 Å². The summed E-state index contributed by atoms with van der Waals surface area (Å²) in [6.07, 6.45) is 2.28. The Labute approximate surface area is 160 Å². The average molecular weight is 375 g/mol. The Morgan fingerprint density at radius 3 is 2.59 bits per heavy atom. The molecule has 1 aromatic carbocycles. The maximum absolute atomic E-state index is 12.7. The SMILES string of the molecule is CN(C)C(=O)c1ccc2c(c1)N(C)C(CC(=O)N(C)CC1(CO)CC1)CO2. The molecule has 3 rings (SSSR count). The van der Waals surface area contributed by atoms with Crippen LogP contribution in [-0.4, -0.2) is 80.7 Å². The lowest BCUT2D eigenvalue weighted by Gasteiger charge is -2.36. The van der Waals surface area contributed by atoms with Gasteiger partial charge >= 0.3 is 0 Å². The topological polar surface area (TPSA) is 73.3 Å². The van der Waals surface area contributed by atoms with Gasteiger partial charge in [-0.2, -0.15) is 0 Å². The number of carbonyl (C=O) groups excluding carboxylic acids is 2. The smallest absolute Gasteiger partial charge is 0.253 e. The fourth-order valence-corrected chi connectivity index (χ4v) is 3.49. The lowest BCUT2D eigenvalue weighted by molar-refractivity contribution is -0.131. The second kappa shape index (κ2) is 7.38. The number of rotatable bonds is 6. The predicted molar refractivity (Wildman–Crippen MR) is 103 cm³/mol. The highest BCUT2D eigenvalue weighted by Gasteiger charge is 2.43. The zero-order valence-corrected chi connectivity index (χ0v) is 16.6. The van der Waals surface area contributed by atoms with Crippen LogP contribution in [-0.2, 0) is 4.79 Å². The minimum Gasteiger partial charge on any atom is -0.489 e. The Hall–Kier alpha value is -2.28. The van der Waals surface area contributed by atoms with Crippen LogP contribution in [0, 0.1) is 5.41 Å². The van der Waals surface area contributed by atoms with E-state index in [-0.39, 0.29) is 29.9 Å². The number of fused-ring (bicyclic) bond motifs is 1. The molecule has 7 nitrogen and oxygen atoms in total. The molecule has 1 aliphatic heterocycles. The van der Waals surface area contributed by atoms with E-state index in [2.05, 4.69) is 0 Å². The third-order valence-corrected chi connectivity index (χ3v) is 5.67. The summed E-state index contributed by atoms with van der Waals surface area (Å²) in [4.78, 5) is 30.2. The van der Waals surface area contributed by atoms with Gasteiger partial charge in [-0.25, -0.2) is 0 Å². The van der Waals surface area contributed by atoms with Crippen molar-refractivity contribution >= 4 is 17.5 Å². The van der Waals surface area contributed by atoms with Crippen LogP contribution in [0.3, 0.4) is 0 Å². The molecule has 0 spiro atoms. The van der Waals surface area contributed by atoms with Gasteiger partial charge in [0.25, 0.3) is 5.91 Å². The summed E-state index contributed by atoms with van der Waals surface area (Å²) >= 11 is 0. The fraction of sp³-hybridized carbons (Fsp3) is 0.600. The van der Waals surface area contributed by atoms with Gasteiger partial charge in [0.05, 0.1) is 24.8 Å². The molecule has 148 valence electrons. The highest BCUT2D eigenvalue weighted by atomic mass is 16.5. The van der Waals surface area contributed by atoms with Crippen molar-refractivity contribution in [2.75, 3.05) is 52.8 Å². The van der Waals surface area contributed by atoms with Crippen molar-refractivity contribution in [3.05, 3.63) is 23.8 Å². The van der Waals surface area contributed by atoms with Gasteiger partial charge in [-0.05, 0) is 31.0 Å². The number of ether oxygens (including phenoxy) is 1. The maximum Gasteiger partial charge on any atom is 0.253 e. The molecule has 2 aliphatic rings. The number of hydrogen-bond acceptors (Lipinski definition) is 5. The normalized spacial score (nSPS) is 19.7. The summed E-state index contributed by atoms with van der Waals surface area (Å²) < 4.78 is 5.84. The Morgan fingerprint density at radius 2 is 2.00 bits per heavy atom. The quantitative estimate of drug-likeness (QED) is 0.809. The summed E-state index contributed by atoms with van der Waals surface area (Å²) in [6.45, 7) is 1.15. The number of nitrogens with zero attached hydrogens (tertiary/aromatic N) is 3. The predicted octanol–water partition coefficient (Wildman–Crippen LogP) is 1.21. The number of hydrogen-bond donors (Lipinski definition) is 1. The number of aliphatic hydroxyl groups excluding tert-OH is 1. The third kappa shape index (κ3) is 4.03. The van der Waals surface area contributed by atoms with Crippen molar-refractivity contribution in [1.82, 2.24) is 9.80 Å². The highest BCUT2D eigenvalue weighted by molar-refractivity contribution is 5.95. The van der Waals surface area contributed by atoms with Crippen molar-refractivity contribution in [3.8, 4) is 5.75 Å². The molecule has 1 aliphatic carbocycles. The van der Waals surface area contributed by atoms with Crippen molar-refractivity contribution in [3.63, 3.8) is 0 Å². The second-order valence-corrected chi connectivity index (χ2v) is 8.07. The molecule has 1 saturated carbocycles. The number of anilines is 1. The second-order valence-electron chi connectivity index (χ2n) is 8.07. The first-order chi connectivity index (χ1) is 12.8. The van der Waals surface area contributed by atoms with Crippen LogP contribution in [0.1, 0.15) is 29.6 Å². The van der Waals surface area contributed by atoms with Crippen LogP contribution in [0.15, 0.2) is 18.2 Å². The first-order valence-electron chi connectivity index (χ1n) is 9.32. The third-order valence-electron chi connectivity index (χ3n) is 5.67. The zero-order chi connectivity index (χ0) is 19.8. The first kappa shape index (κ1) is 19.5. The van der Waals surface area contributed by atoms with Gasteiger partial charge in [-0.15, -0.1) is 0 Å². The van der Waals surface area contributed by atoms with E-state index in [0.717, 1.165) is 24.3 Å². The molecule has 1 unspecified atom stereocenters. The van der Waals surface area contributed by atoms with E-state index in [1.165, 1.54) is 4.90 Å². The van der Waals surface area contributed by atoms with Crippen molar-refractivity contribution in [2.45, 2.75) is 25.3 Å². The van der Waals surface area contributed by atoms with Gasteiger partial charge in [0.2, 0.25) is 5.91 Å². The zero-order valence-electron chi connectivity index (χ0n) is 16.6. The van der Waals surface area contributed by atoms with Gasteiger partial charge in [0, 0.05) is 45.7 Å². The van der Waals surface area contributed by atoms with Crippen LogP contribution >= 0.6 is 0 Å². The molecular weight excluding hydrogens is 346 g/mol. The fourth-order valence-electron chi connectivity index (χ4n) is 3.49. The minimum atomic E-state index is -0.0959. The largest absolute Gasteiger partial charge is 0.489 e.